The molecule has 0 fully saturated rings. The predicted molar refractivity (Wildman–Crippen MR) is 65.6 cm³/mol. The lowest BCUT2D eigenvalue weighted by atomic mass is 10.1. The summed E-state index contributed by atoms with van der Waals surface area (Å²) in [5.41, 5.74) is 7.78. The molecule has 16 heavy (non-hydrogen) atoms. The number of aromatic nitrogens is 1. The lowest BCUT2D eigenvalue weighted by molar-refractivity contribution is 0.0978. The number of anilines is 1. The van der Waals surface area contributed by atoms with Crippen LogP contribution in [0, 0.1) is 0 Å². The highest BCUT2D eigenvalue weighted by atomic mass is 32.1. The van der Waals surface area contributed by atoms with Crippen molar-refractivity contribution >= 4 is 22.8 Å². The lowest BCUT2D eigenvalue weighted by Gasteiger charge is -1.99. The summed E-state index contributed by atoms with van der Waals surface area (Å²) in [4.78, 5) is 15.8. The van der Waals surface area contributed by atoms with Gasteiger partial charge in [-0.25, -0.2) is 0 Å². The van der Waals surface area contributed by atoms with Crippen molar-refractivity contribution in [2.75, 3.05) is 5.73 Å². The minimum absolute atomic E-state index is 0.0613. The standard InChI is InChI=1S/C12H12N2OS/c13-10-2-3-11(14-7-10)12(15)4-1-9-5-6-16-8-9/h2-3,5-8H,1,4,13H2. The minimum atomic E-state index is 0.0613. The molecule has 0 radical (unpaired) electrons. The van der Waals surface area contributed by atoms with Crippen LogP contribution in [0.1, 0.15) is 22.5 Å². The average molecular weight is 232 g/mol. The van der Waals surface area contributed by atoms with Crippen molar-refractivity contribution in [1.82, 2.24) is 4.98 Å². The number of hydrogen-bond acceptors (Lipinski definition) is 4. The van der Waals surface area contributed by atoms with Gasteiger partial charge in [0.1, 0.15) is 5.69 Å². The van der Waals surface area contributed by atoms with Gasteiger partial charge in [0.25, 0.3) is 0 Å². The molecule has 0 aliphatic heterocycles. The van der Waals surface area contributed by atoms with Crippen LogP contribution < -0.4 is 5.73 Å². The van der Waals surface area contributed by atoms with E-state index in [1.54, 1.807) is 23.5 Å². The number of thiophene rings is 1. The Morgan fingerprint density at radius 1 is 1.38 bits per heavy atom. The quantitative estimate of drug-likeness (QED) is 0.824. The van der Waals surface area contributed by atoms with Crippen LogP contribution in [0.15, 0.2) is 35.2 Å². The SMILES string of the molecule is Nc1ccc(C(=O)CCc2ccsc2)nc1. The third-order valence-corrected chi connectivity index (χ3v) is 3.02. The molecule has 0 aliphatic rings. The molecule has 0 saturated carbocycles. The average Bonchev–Trinajstić information content (AvgIpc) is 2.80. The molecule has 0 amide bonds. The highest BCUT2D eigenvalue weighted by Gasteiger charge is 2.07. The van der Waals surface area contributed by atoms with Crippen LogP contribution in [0.5, 0.6) is 0 Å². The number of carbonyl (C=O) groups is 1. The second-order valence-electron chi connectivity index (χ2n) is 3.53. The molecule has 0 aliphatic carbocycles. The summed E-state index contributed by atoms with van der Waals surface area (Å²) in [6, 6.07) is 5.41. The number of Topliss-reactive ketones (excluding diaryl/α,β-unsaturated/α-hetero) is 1. The molecule has 0 atom stereocenters. The van der Waals surface area contributed by atoms with E-state index in [-0.39, 0.29) is 5.78 Å². The molecule has 0 saturated heterocycles. The van der Waals surface area contributed by atoms with Crippen LogP contribution in [-0.4, -0.2) is 10.8 Å². The Kier molecular flexibility index (Phi) is 3.31. The van der Waals surface area contributed by atoms with Crippen LogP contribution >= 0.6 is 11.3 Å². The van der Waals surface area contributed by atoms with E-state index < -0.39 is 0 Å². The van der Waals surface area contributed by atoms with Crippen LogP contribution in [-0.2, 0) is 6.42 Å². The zero-order valence-electron chi connectivity index (χ0n) is 8.72. The number of ketones is 1. The van der Waals surface area contributed by atoms with Gasteiger partial charge in [-0.15, -0.1) is 0 Å². The fourth-order valence-electron chi connectivity index (χ4n) is 1.39. The number of rotatable bonds is 4. The molecule has 2 rings (SSSR count). The lowest BCUT2D eigenvalue weighted by Crippen LogP contribution is -2.03. The van der Waals surface area contributed by atoms with Gasteiger partial charge in [0.2, 0.25) is 0 Å². The fraction of sp³-hybridized carbons (Fsp3) is 0.167. The van der Waals surface area contributed by atoms with Crippen LogP contribution in [0.25, 0.3) is 0 Å². The molecule has 3 nitrogen and oxygen atoms in total. The molecule has 2 N–H and O–H groups in total. The highest BCUT2D eigenvalue weighted by Crippen LogP contribution is 2.11. The summed E-state index contributed by atoms with van der Waals surface area (Å²) < 4.78 is 0. The Hall–Kier alpha value is -1.68. The topological polar surface area (TPSA) is 56.0 Å². The molecule has 0 aromatic carbocycles. The van der Waals surface area contributed by atoms with Crippen LogP contribution in [0.3, 0.4) is 0 Å². The first-order valence-electron chi connectivity index (χ1n) is 5.01. The molecule has 0 bridgehead atoms. The molecule has 82 valence electrons. The van der Waals surface area contributed by atoms with Gasteiger partial charge in [0.05, 0.1) is 11.9 Å². The molecule has 0 spiro atoms. The van der Waals surface area contributed by atoms with E-state index in [2.05, 4.69) is 10.4 Å². The zero-order valence-corrected chi connectivity index (χ0v) is 9.54. The van der Waals surface area contributed by atoms with Gasteiger partial charge < -0.3 is 5.73 Å². The van der Waals surface area contributed by atoms with E-state index in [1.165, 1.54) is 11.8 Å². The smallest absolute Gasteiger partial charge is 0.181 e. The number of hydrogen-bond donors (Lipinski definition) is 1. The summed E-state index contributed by atoms with van der Waals surface area (Å²) in [5.74, 6) is 0.0613. The second-order valence-corrected chi connectivity index (χ2v) is 4.31. The molecular formula is C12H12N2OS. The number of pyridine rings is 1. The first-order chi connectivity index (χ1) is 7.75. The van der Waals surface area contributed by atoms with Crippen molar-refractivity contribution in [2.45, 2.75) is 12.8 Å². The van der Waals surface area contributed by atoms with E-state index in [0.29, 0.717) is 17.8 Å². The van der Waals surface area contributed by atoms with Gasteiger partial charge >= 0.3 is 0 Å². The third kappa shape index (κ3) is 2.67. The zero-order chi connectivity index (χ0) is 11.4. The number of nitrogens with two attached hydrogens (primary N) is 1. The number of carbonyl (C=O) groups excluding carboxylic acids is 1. The Labute approximate surface area is 97.9 Å². The Bertz CT molecular complexity index is 462. The number of nitrogens with zero attached hydrogens (tertiary/aromatic N) is 1. The van der Waals surface area contributed by atoms with Crippen molar-refractivity contribution in [3.8, 4) is 0 Å². The van der Waals surface area contributed by atoms with Crippen molar-refractivity contribution in [2.24, 2.45) is 0 Å². The number of nitrogen functional groups attached to an aromatic ring is 1. The van der Waals surface area contributed by atoms with Gasteiger partial charge in [-0.2, -0.15) is 11.3 Å². The largest absolute Gasteiger partial charge is 0.397 e. The van der Waals surface area contributed by atoms with Gasteiger partial charge in [-0.1, -0.05) is 0 Å². The monoisotopic (exact) mass is 232 g/mol. The van der Waals surface area contributed by atoms with Gasteiger partial charge in [0, 0.05) is 6.42 Å². The summed E-state index contributed by atoms with van der Waals surface area (Å²) in [7, 11) is 0. The predicted octanol–water partition coefficient (Wildman–Crippen LogP) is 2.54. The highest BCUT2D eigenvalue weighted by molar-refractivity contribution is 7.07. The van der Waals surface area contributed by atoms with Gasteiger partial charge in [-0.05, 0) is 40.9 Å². The first-order valence-corrected chi connectivity index (χ1v) is 5.96. The maximum absolute atomic E-state index is 11.8. The third-order valence-electron chi connectivity index (χ3n) is 2.29. The second kappa shape index (κ2) is 4.90. The van der Waals surface area contributed by atoms with Crippen molar-refractivity contribution < 1.29 is 4.79 Å². The minimum Gasteiger partial charge on any atom is -0.397 e. The summed E-state index contributed by atoms with van der Waals surface area (Å²) >= 11 is 1.65. The van der Waals surface area contributed by atoms with Crippen molar-refractivity contribution in [1.29, 1.82) is 0 Å². The Morgan fingerprint density at radius 2 is 2.25 bits per heavy atom. The maximum atomic E-state index is 11.8. The normalized spacial score (nSPS) is 10.2. The Balaban J connectivity index is 1.95. The molecule has 2 heterocycles. The van der Waals surface area contributed by atoms with Crippen molar-refractivity contribution in [3.63, 3.8) is 0 Å². The summed E-state index contributed by atoms with van der Waals surface area (Å²) in [5, 5.41) is 4.07. The molecule has 0 unspecified atom stereocenters. The van der Waals surface area contributed by atoms with E-state index in [0.717, 1.165) is 6.42 Å². The molecule has 4 heteroatoms. The summed E-state index contributed by atoms with van der Waals surface area (Å²) in [6.07, 6.45) is 2.78. The van der Waals surface area contributed by atoms with E-state index in [4.69, 9.17) is 5.73 Å². The Morgan fingerprint density at radius 3 is 2.88 bits per heavy atom. The molecule has 2 aromatic rings. The summed E-state index contributed by atoms with van der Waals surface area (Å²) in [6.45, 7) is 0. The van der Waals surface area contributed by atoms with Gasteiger partial charge in [0.15, 0.2) is 5.78 Å². The van der Waals surface area contributed by atoms with E-state index in [1.807, 2.05) is 11.4 Å². The van der Waals surface area contributed by atoms with E-state index in [9.17, 15) is 4.79 Å². The molecular weight excluding hydrogens is 220 g/mol. The molecule has 2 aromatic heterocycles. The van der Waals surface area contributed by atoms with E-state index >= 15 is 0 Å². The van der Waals surface area contributed by atoms with Crippen LogP contribution in [0.4, 0.5) is 5.69 Å². The van der Waals surface area contributed by atoms with Crippen molar-refractivity contribution in [3.05, 3.63) is 46.4 Å². The maximum Gasteiger partial charge on any atom is 0.181 e. The van der Waals surface area contributed by atoms with Crippen LogP contribution in [0.2, 0.25) is 0 Å². The van der Waals surface area contributed by atoms with Gasteiger partial charge in [-0.3, -0.25) is 9.78 Å². The fourth-order valence-corrected chi connectivity index (χ4v) is 2.09. The first kappa shape index (κ1) is 10.8. The number of aryl methyl sites for hydroxylation is 1.